The van der Waals surface area contributed by atoms with Crippen LogP contribution in [0.15, 0.2) is 134 Å². The molecule has 12 heteroatoms. The first kappa shape index (κ1) is 65.9. The van der Waals surface area contributed by atoms with Crippen molar-refractivity contribution in [2.24, 2.45) is 0 Å². The SMILES string of the molecule is CC/C=C\C/C=C\C/C=C\C/C=C\CCC(=O)OCC(COC1OC(C(=O)O)C(O)C(O)C1OC(=O)CCCCCCCCC/C=C\C/C=C\C/C=C\CC)OC(=O)CC/C=C\C/C=C\C/C=C\C/C=C\CC. The van der Waals surface area contributed by atoms with Gasteiger partial charge < -0.3 is 39.0 Å². The van der Waals surface area contributed by atoms with Crippen LogP contribution in [-0.4, -0.2) is 89.2 Å². The van der Waals surface area contributed by atoms with Crippen molar-refractivity contribution in [3.8, 4) is 0 Å². The summed E-state index contributed by atoms with van der Waals surface area (Å²) in [5.41, 5.74) is 0. The molecule has 0 aromatic heterocycles. The van der Waals surface area contributed by atoms with E-state index in [4.69, 9.17) is 23.7 Å². The number of carboxylic acid groups (broad SMARTS) is 1. The zero-order valence-electron chi connectivity index (χ0n) is 44.6. The third kappa shape index (κ3) is 38.2. The molecular formula is C61H92O12. The van der Waals surface area contributed by atoms with E-state index in [1.54, 1.807) is 0 Å². The van der Waals surface area contributed by atoms with Gasteiger partial charge in [-0.25, -0.2) is 4.79 Å². The monoisotopic (exact) mass is 1020 g/mol. The molecule has 1 aliphatic rings. The van der Waals surface area contributed by atoms with Gasteiger partial charge in [0.05, 0.1) is 6.61 Å². The number of hydrogen-bond donors (Lipinski definition) is 3. The molecule has 3 N–H and O–H groups in total. The van der Waals surface area contributed by atoms with Crippen LogP contribution < -0.4 is 0 Å². The Balaban J connectivity index is 2.79. The number of carbonyl (C=O) groups is 4. The van der Waals surface area contributed by atoms with Crippen LogP contribution in [0.4, 0.5) is 0 Å². The number of aliphatic hydroxyl groups is 2. The average Bonchev–Trinajstić information content (AvgIpc) is 3.37. The summed E-state index contributed by atoms with van der Waals surface area (Å²) in [7, 11) is 0. The zero-order valence-corrected chi connectivity index (χ0v) is 44.6. The van der Waals surface area contributed by atoms with Crippen LogP contribution >= 0.6 is 0 Å². The third-order valence-corrected chi connectivity index (χ3v) is 11.2. The smallest absolute Gasteiger partial charge is 0.335 e. The second-order valence-electron chi connectivity index (χ2n) is 17.7. The molecule has 0 radical (unpaired) electrons. The molecule has 1 aliphatic heterocycles. The lowest BCUT2D eigenvalue weighted by Gasteiger charge is -2.40. The van der Waals surface area contributed by atoms with Crippen molar-refractivity contribution < 1.29 is 58.2 Å². The molecule has 0 aromatic carbocycles. The van der Waals surface area contributed by atoms with Crippen LogP contribution in [0.25, 0.3) is 0 Å². The van der Waals surface area contributed by atoms with Crippen LogP contribution in [0, 0.1) is 0 Å². The number of hydrogen-bond acceptors (Lipinski definition) is 11. The highest BCUT2D eigenvalue weighted by Crippen LogP contribution is 2.26. The quantitative estimate of drug-likeness (QED) is 0.0228. The van der Waals surface area contributed by atoms with E-state index < -0.39 is 67.3 Å². The maximum absolute atomic E-state index is 13.0. The molecule has 6 atom stereocenters. The van der Waals surface area contributed by atoms with Gasteiger partial charge in [-0.2, -0.15) is 0 Å². The maximum Gasteiger partial charge on any atom is 0.335 e. The highest BCUT2D eigenvalue weighted by Gasteiger charge is 2.50. The largest absolute Gasteiger partial charge is 0.479 e. The molecule has 1 heterocycles. The predicted octanol–water partition coefficient (Wildman–Crippen LogP) is 13.4. The van der Waals surface area contributed by atoms with Gasteiger partial charge in [-0.3, -0.25) is 14.4 Å². The predicted molar refractivity (Wildman–Crippen MR) is 293 cm³/mol. The van der Waals surface area contributed by atoms with E-state index in [2.05, 4.69) is 124 Å². The number of carboxylic acids is 1. The number of aliphatic carboxylic acids is 1. The second-order valence-corrected chi connectivity index (χ2v) is 17.7. The summed E-state index contributed by atoms with van der Waals surface area (Å²) >= 11 is 0. The van der Waals surface area contributed by atoms with E-state index >= 15 is 0 Å². The van der Waals surface area contributed by atoms with Crippen molar-refractivity contribution in [1.29, 1.82) is 0 Å². The molecule has 408 valence electrons. The van der Waals surface area contributed by atoms with Crippen LogP contribution in [0.3, 0.4) is 0 Å². The molecule has 0 bridgehead atoms. The highest BCUT2D eigenvalue weighted by molar-refractivity contribution is 5.74. The van der Waals surface area contributed by atoms with Crippen molar-refractivity contribution in [3.63, 3.8) is 0 Å². The number of rotatable bonds is 43. The summed E-state index contributed by atoms with van der Waals surface area (Å²) in [6.07, 6.45) is 54.7. The summed E-state index contributed by atoms with van der Waals surface area (Å²) in [6, 6.07) is 0. The van der Waals surface area contributed by atoms with Crippen LogP contribution in [0.2, 0.25) is 0 Å². The molecule has 0 aromatic rings. The first-order chi connectivity index (χ1) is 35.6. The average molecular weight is 1020 g/mol. The molecule has 1 fully saturated rings. The topological polar surface area (TPSA) is 175 Å². The summed E-state index contributed by atoms with van der Waals surface area (Å²) in [5, 5.41) is 31.4. The van der Waals surface area contributed by atoms with Gasteiger partial charge in [-0.05, 0) is 103 Å². The Bertz CT molecular complexity index is 1780. The minimum absolute atomic E-state index is 0.0183. The number of esters is 3. The van der Waals surface area contributed by atoms with Crippen LogP contribution in [0.5, 0.6) is 0 Å². The minimum atomic E-state index is -1.93. The van der Waals surface area contributed by atoms with Gasteiger partial charge in [0.1, 0.15) is 18.8 Å². The van der Waals surface area contributed by atoms with E-state index in [1.807, 2.05) is 30.4 Å². The number of unbranched alkanes of at least 4 members (excludes halogenated alkanes) is 7. The fourth-order valence-electron chi connectivity index (χ4n) is 7.17. The fourth-order valence-corrected chi connectivity index (χ4v) is 7.17. The Morgan fingerprint density at radius 3 is 1.30 bits per heavy atom. The molecule has 12 nitrogen and oxygen atoms in total. The molecule has 73 heavy (non-hydrogen) atoms. The van der Waals surface area contributed by atoms with E-state index in [0.29, 0.717) is 25.7 Å². The number of ether oxygens (including phenoxy) is 5. The van der Waals surface area contributed by atoms with Crippen molar-refractivity contribution in [1.82, 2.24) is 0 Å². The highest BCUT2D eigenvalue weighted by atomic mass is 16.7. The summed E-state index contributed by atoms with van der Waals surface area (Å²) < 4.78 is 28.1. The normalized spacial score (nSPS) is 19.4. The van der Waals surface area contributed by atoms with Gasteiger partial charge in [-0.1, -0.05) is 187 Å². The molecule has 0 spiro atoms. The Hall–Kier alpha value is -5.14. The lowest BCUT2D eigenvalue weighted by molar-refractivity contribution is -0.301. The second kappa shape index (κ2) is 47.8. The molecule has 6 unspecified atom stereocenters. The van der Waals surface area contributed by atoms with E-state index in [-0.39, 0.29) is 25.9 Å². The van der Waals surface area contributed by atoms with Crippen molar-refractivity contribution in [2.75, 3.05) is 13.2 Å². The maximum atomic E-state index is 13.0. The molecular weight excluding hydrogens is 925 g/mol. The van der Waals surface area contributed by atoms with Crippen molar-refractivity contribution >= 4 is 23.9 Å². The Labute approximate surface area is 439 Å². The third-order valence-electron chi connectivity index (χ3n) is 11.2. The van der Waals surface area contributed by atoms with Gasteiger partial charge in [-0.15, -0.1) is 0 Å². The molecule has 0 amide bonds. The van der Waals surface area contributed by atoms with Gasteiger partial charge >= 0.3 is 23.9 Å². The summed E-state index contributed by atoms with van der Waals surface area (Å²) in [6.45, 7) is 5.48. The van der Waals surface area contributed by atoms with E-state index in [9.17, 15) is 34.5 Å². The van der Waals surface area contributed by atoms with E-state index in [1.165, 1.54) is 0 Å². The number of allylic oxidation sites excluding steroid dienone is 22. The van der Waals surface area contributed by atoms with Crippen molar-refractivity contribution in [2.45, 2.75) is 212 Å². The van der Waals surface area contributed by atoms with E-state index in [0.717, 1.165) is 109 Å². The fraction of sp³-hybridized carbons (Fsp3) is 0.574. The zero-order chi connectivity index (χ0) is 53.3. The lowest BCUT2D eigenvalue weighted by atomic mass is 9.98. The van der Waals surface area contributed by atoms with Crippen LogP contribution in [0.1, 0.15) is 175 Å². The standard InChI is InChI=1S/C61H92O12/c1-4-7-10-13-16-19-22-25-26-27-28-31-34-37-40-43-46-49-55(64)72-59-57(66)56(65)58(60(67)68)73-61(59)70-51-52(71-54(63)48-45-42-39-36-33-30-24-21-18-15-12-9-6-3)50-69-53(62)47-44-41-38-35-32-29-23-20-17-14-11-8-5-2/h7-12,16-21,25-26,29-30,32-33,38-39,41-42,52,56-59,61,65-66H,4-6,13-15,22-24,27-28,31,34-37,40,43-51H2,1-3H3,(H,67,68)/b10-7-,11-8-,12-9-,19-16-,20-17-,21-18-,26-25-,32-29-,33-30-,41-38-,42-39-. The molecule has 1 rings (SSSR count). The summed E-state index contributed by atoms with van der Waals surface area (Å²) in [5.74, 6) is -3.38. The van der Waals surface area contributed by atoms with Crippen LogP contribution in [-0.2, 0) is 42.9 Å². The Morgan fingerprint density at radius 2 is 0.849 bits per heavy atom. The van der Waals surface area contributed by atoms with Gasteiger partial charge in [0, 0.05) is 19.3 Å². The van der Waals surface area contributed by atoms with Crippen molar-refractivity contribution in [3.05, 3.63) is 134 Å². The lowest BCUT2D eigenvalue weighted by Crippen LogP contribution is -2.61. The number of aliphatic hydroxyl groups excluding tert-OH is 2. The Kier molecular flexibility index (Phi) is 43.2. The summed E-state index contributed by atoms with van der Waals surface area (Å²) in [4.78, 5) is 50.9. The molecule has 0 aliphatic carbocycles. The minimum Gasteiger partial charge on any atom is -0.479 e. The first-order valence-corrected chi connectivity index (χ1v) is 27.2. The first-order valence-electron chi connectivity index (χ1n) is 27.2. The molecule has 0 saturated carbocycles. The molecule has 1 saturated heterocycles. The Morgan fingerprint density at radius 1 is 0.452 bits per heavy atom. The van der Waals surface area contributed by atoms with Gasteiger partial charge in [0.15, 0.2) is 24.6 Å². The van der Waals surface area contributed by atoms with Gasteiger partial charge in [0.2, 0.25) is 0 Å². The van der Waals surface area contributed by atoms with Gasteiger partial charge in [0.25, 0.3) is 0 Å². The number of carbonyl (C=O) groups excluding carboxylic acids is 3.